The highest BCUT2D eigenvalue weighted by Crippen LogP contribution is 2.20. The van der Waals surface area contributed by atoms with Gasteiger partial charge in [-0.3, -0.25) is 4.79 Å². The number of carbonyl (C=O) groups excluding carboxylic acids is 1. The van der Waals surface area contributed by atoms with Crippen molar-refractivity contribution in [2.45, 2.75) is 0 Å². The number of carbonyl (C=O) groups is 1. The van der Waals surface area contributed by atoms with E-state index in [9.17, 15) is 4.79 Å². The standard InChI is InChI=1S/C11H10N2O3/c12-8-16-10-3-1-9(2-4-10)13-5-6-15-7-11(13)14/h1-4H,5-7H2. The Balaban J connectivity index is 2.14. The summed E-state index contributed by atoms with van der Waals surface area (Å²) in [5.41, 5.74) is 0.790. The Morgan fingerprint density at radius 2 is 2.12 bits per heavy atom. The summed E-state index contributed by atoms with van der Waals surface area (Å²) in [5, 5.41) is 8.33. The zero-order chi connectivity index (χ0) is 11.4. The fourth-order valence-electron chi connectivity index (χ4n) is 1.54. The third-order valence-corrected chi connectivity index (χ3v) is 2.30. The lowest BCUT2D eigenvalue weighted by Crippen LogP contribution is -2.41. The SMILES string of the molecule is N#COc1ccc(N2CCOCC2=O)cc1. The summed E-state index contributed by atoms with van der Waals surface area (Å²) >= 11 is 0. The molecule has 1 aliphatic rings. The molecule has 0 bridgehead atoms. The molecule has 1 saturated heterocycles. The van der Waals surface area contributed by atoms with Crippen LogP contribution in [-0.4, -0.2) is 25.7 Å². The summed E-state index contributed by atoms with van der Waals surface area (Å²) in [6.07, 6.45) is 1.59. The van der Waals surface area contributed by atoms with Crippen molar-refractivity contribution in [1.82, 2.24) is 0 Å². The second kappa shape index (κ2) is 4.64. The van der Waals surface area contributed by atoms with Crippen LogP contribution in [0.25, 0.3) is 0 Å². The molecule has 0 aliphatic carbocycles. The fraction of sp³-hybridized carbons (Fsp3) is 0.273. The van der Waals surface area contributed by atoms with E-state index >= 15 is 0 Å². The van der Waals surface area contributed by atoms with Gasteiger partial charge in [0.05, 0.1) is 6.61 Å². The number of nitrogens with zero attached hydrogens (tertiary/aromatic N) is 2. The maximum Gasteiger partial charge on any atom is 0.292 e. The summed E-state index contributed by atoms with van der Waals surface area (Å²) in [4.78, 5) is 13.2. The van der Waals surface area contributed by atoms with Crippen LogP contribution in [0.15, 0.2) is 24.3 Å². The molecule has 1 amide bonds. The van der Waals surface area contributed by atoms with Crippen LogP contribution in [0.5, 0.6) is 5.75 Å². The van der Waals surface area contributed by atoms with Gasteiger partial charge in [-0.25, -0.2) is 0 Å². The molecule has 1 aliphatic heterocycles. The molecule has 0 spiro atoms. The molecule has 0 atom stereocenters. The molecule has 2 rings (SSSR count). The Labute approximate surface area is 92.8 Å². The molecular formula is C11H10N2O3. The Morgan fingerprint density at radius 3 is 2.75 bits per heavy atom. The number of ether oxygens (including phenoxy) is 2. The highest BCUT2D eigenvalue weighted by molar-refractivity contribution is 5.94. The van der Waals surface area contributed by atoms with Crippen LogP contribution in [0.4, 0.5) is 5.69 Å². The average molecular weight is 218 g/mol. The van der Waals surface area contributed by atoms with Gasteiger partial charge in [0.25, 0.3) is 12.2 Å². The Morgan fingerprint density at radius 1 is 1.38 bits per heavy atom. The lowest BCUT2D eigenvalue weighted by molar-refractivity contribution is -0.125. The van der Waals surface area contributed by atoms with Gasteiger partial charge in [-0.15, -0.1) is 5.26 Å². The maximum atomic E-state index is 11.5. The zero-order valence-corrected chi connectivity index (χ0v) is 8.55. The van der Waals surface area contributed by atoms with E-state index in [4.69, 9.17) is 10.00 Å². The molecule has 5 nitrogen and oxygen atoms in total. The van der Waals surface area contributed by atoms with Crippen LogP contribution in [0, 0.1) is 11.5 Å². The molecule has 1 fully saturated rings. The lowest BCUT2D eigenvalue weighted by Gasteiger charge is -2.26. The molecule has 0 aromatic heterocycles. The first-order chi connectivity index (χ1) is 7.81. The van der Waals surface area contributed by atoms with Crippen LogP contribution in [0.2, 0.25) is 0 Å². The van der Waals surface area contributed by atoms with Crippen molar-refractivity contribution in [2.75, 3.05) is 24.7 Å². The van der Waals surface area contributed by atoms with Crippen LogP contribution < -0.4 is 9.64 Å². The van der Waals surface area contributed by atoms with Crippen molar-refractivity contribution in [3.05, 3.63) is 24.3 Å². The summed E-state index contributed by atoms with van der Waals surface area (Å²) in [6, 6.07) is 6.80. The number of nitriles is 1. The quantitative estimate of drug-likeness (QED) is 0.692. The van der Waals surface area contributed by atoms with Gasteiger partial charge in [-0.05, 0) is 24.3 Å². The molecule has 1 aromatic rings. The van der Waals surface area contributed by atoms with E-state index in [0.717, 1.165) is 5.69 Å². The molecular weight excluding hydrogens is 208 g/mol. The van der Waals surface area contributed by atoms with E-state index in [0.29, 0.717) is 18.9 Å². The molecule has 5 heteroatoms. The molecule has 1 heterocycles. The number of hydrogen-bond acceptors (Lipinski definition) is 4. The van der Waals surface area contributed by atoms with Crippen LogP contribution >= 0.6 is 0 Å². The van der Waals surface area contributed by atoms with E-state index in [-0.39, 0.29) is 12.5 Å². The first-order valence-corrected chi connectivity index (χ1v) is 4.85. The van der Waals surface area contributed by atoms with Crippen molar-refractivity contribution >= 4 is 11.6 Å². The van der Waals surface area contributed by atoms with Gasteiger partial charge in [0.1, 0.15) is 12.4 Å². The van der Waals surface area contributed by atoms with Gasteiger partial charge < -0.3 is 14.4 Å². The summed E-state index contributed by atoms with van der Waals surface area (Å²) in [7, 11) is 0. The van der Waals surface area contributed by atoms with Crippen LogP contribution in [0.1, 0.15) is 0 Å². The van der Waals surface area contributed by atoms with Crippen LogP contribution in [0.3, 0.4) is 0 Å². The molecule has 0 radical (unpaired) electrons. The van der Waals surface area contributed by atoms with Gasteiger partial charge in [0.2, 0.25) is 0 Å². The number of benzene rings is 1. The van der Waals surface area contributed by atoms with Crippen molar-refractivity contribution in [1.29, 1.82) is 5.26 Å². The van der Waals surface area contributed by atoms with Gasteiger partial charge in [0.15, 0.2) is 0 Å². The van der Waals surface area contributed by atoms with Crippen molar-refractivity contribution in [3.8, 4) is 12.0 Å². The predicted octanol–water partition coefficient (Wildman–Crippen LogP) is 0.910. The van der Waals surface area contributed by atoms with Crippen molar-refractivity contribution in [2.24, 2.45) is 0 Å². The molecule has 0 N–H and O–H groups in total. The number of morpholine rings is 1. The minimum absolute atomic E-state index is 0.0554. The van der Waals surface area contributed by atoms with E-state index in [1.165, 1.54) is 0 Å². The number of amides is 1. The van der Waals surface area contributed by atoms with E-state index < -0.39 is 0 Å². The third kappa shape index (κ3) is 2.12. The van der Waals surface area contributed by atoms with Crippen LogP contribution in [-0.2, 0) is 9.53 Å². The Bertz CT molecular complexity index is 422. The van der Waals surface area contributed by atoms with Gasteiger partial charge in [-0.1, -0.05) is 0 Å². The molecule has 16 heavy (non-hydrogen) atoms. The van der Waals surface area contributed by atoms with Gasteiger partial charge >= 0.3 is 0 Å². The Hall–Kier alpha value is -2.06. The van der Waals surface area contributed by atoms with Gasteiger partial charge in [-0.2, -0.15) is 0 Å². The monoisotopic (exact) mass is 218 g/mol. The minimum Gasteiger partial charge on any atom is -0.388 e. The first-order valence-electron chi connectivity index (χ1n) is 4.85. The van der Waals surface area contributed by atoms with Gasteiger partial charge in [0, 0.05) is 12.2 Å². The summed E-state index contributed by atoms with van der Waals surface area (Å²) < 4.78 is 9.69. The minimum atomic E-state index is -0.0554. The lowest BCUT2D eigenvalue weighted by atomic mass is 10.2. The second-order valence-electron chi connectivity index (χ2n) is 3.29. The number of anilines is 1. The predicted molar refractivity (Wildman–Crippen MR) is 55.9 cm³/mol. The first kappa shape index (κ1) is 10.5. The normalized spacial score (nSPS) is 15.7. The third-order valence-electron chi connectivity index (χ3n) is 2.30. The van der Waals surface area contributed by atoms with Crippen molar-refractivity contribution < 1.29 is 14.3 Å². The van der Waals surface area contributed by atoms with Crippen molar-refractivity contribution in [3.63, 3.8) is 0 Å². The largest absolute Gasteiger partial charge is 0.388 e. The maximum absolute atomic E-state index is 11.5. The number of rotatable bonds is 2. The average Bonchev–Trinajstić information content (AvgIpc) is 2.31. The van der Waals surface area contributed by atoms with E-state index in [1.807, 2.05) is 0 Å². The molecule has 82 valence electrons. The van der Waals surface area contributed by atoms with E-state index in [2.05, 4.69) is 4.74 Å². The highest BCUT2D eigenvalue weighted by atomic mass is 16.5. The molecule has 0 saturated carbocycles. The Kier molecular flexibility index (Phi) is 3.03. The topological polar surface area (TPSA) is 62.6 Å². The summed E-state index contributed by atoms with van der Waals surface area (Å²) in [6.45, 7) is 1.22. The number of hydrogen-bond donors (Lipinski definition) is 0. The summed E-state index contributed by atoms with van der Waals surface area (Å²) in [5.74, 6) is 0.409. The molecule has 0 unspecified atom stereocenters. The van der Waals surface area contributed by atoms with E-state index in [1.54, 1.807) is 35.4 Å². The second-order valence-corrected chi connectivity index (χ2v) is 3.29. The smallest absolute Gasteiger partial charge is 0.292 e. The fourth-order valence-corrected chi connectivity index (χ4v) is 1.54. The highest BCUT2D eigenvalue weighted by Gasteiger charge is 2.19. The zero-order valence-electron chi connectivity index (χ0n) is 8.55. The molecule has 1 aromatic carbocycles.